The number of nitrogens with zero attached hydrogens (tertiary/aromatic N) is 2. The molecule has 3 aromatic heterocycles. The van der Waals surface area contributed by atoms with Gasteiger partial charge in [-0.3, -0.25) is 4.40 Å². The van der Waals surface area contributed by atoms with Crippen LogP contribution >= 0.6 is 22.7 Å². The van der Waals surface area contributed by atoms with Gasteiger partial charge in [0.2, 0.25) is 0 Å². The number of rotatable bonds is 3. The largest absolute Gasteiger partial charge is 0.384 e. The second kappa shape index (κ2) is 4.19. The van der Waals surface area contributed by atoms with Gasteiger partial charge in [-0.1, -0.05) is 0 Å². The highest BCUT2D eigenvalue weighted by atomic mass is 32.1. The highest BCUT2D eigenvalue weighted by Crippen LogP contribution is 2.32. The molecule has 18 heavy (non-hydrogen) atoms. The lowest BCUT2D eigenvalue weighted by Crippen LogP contribution is -2.24. The fourth-order valence-corrected chi connectivity index (χ4v) is 3.93. The highest BCUT2D eigenvalue weighted by Gasteiger charge is 2.27. The van der Waals surface area contributed by atoms with Gasteiger partial charge in [0.1, 0.15) is 5.60 Å². The van der Waals surface area contributed by atoms with Crippen molar-refractivity contribution in [1.29, 1.82) is 0 Å². The molecule has 0 aromatic carbocycles. The van der Waals surface area contributed by atoms with Crippen molar-refractivity contribution in [3.63, 3.8) is 0 Å². The van der Waals surface area contributed by atoms with Crippen molar-refractivity contribution in [2.45, 2.75) is 25.9 Å². The van der Waals surface area contributed by atoms with Crippen LogP contribution in [0.15, 0.2) is 29.2 Å². The Balaban J connectivity index is 1.91. The maximum atomic E-state index is 10.6. The summed E-state index contributed by atoms with van der Waals surface area (Å²) in [6, 6.07) is 2.04. The molecule has 0 fully saturated rings. The van der Waals surface area contributed by atoms with Gasteiger partial charge in [-0.15, -0.1) is 22.7 Å². The van der Waals surface area contributed by atoms with E-state index in [0.717, 1.165) is 21.1 Å². The van der Waals surface area contributed by atoms with Gasteiger partial charge in [-0.05, 0) is 30.9 Å². The average molecular weight is 278 g/mol. The van der Waals surface area contributed by atoms with Crippen LogP contribution in [0.5, 0.6) is 0 Å². The molecule has 0 saturated carbocycles. The third-order valence-corrected chi connectivity index (χ3v) is 5.06. The summed E-state index contributed by atoms with van der Waals surface area (Å²) in [4.78, 5) is 6.53. The second-order valence-electron chi connectivity index (χ2n) is 4.71. The quantitative estimate of drug-likeness (QED) is 0.799. The first-order valence-electron chi connectivity index (χ1n) is 5.74. The lowest BCUT2D eigenvalue weighted by Gasteiger charge is -2.21. The predicted molar refractivity (Wildman–Crippen MR) is 75.4 cm³/mol. The molecule has 94 valence electrons. The summed E-state index contributed by atoms with van der Waals surface area (Å²) >= 11 is 3.21. The second-order valence-corrected chi connectivity index (χ2v) is 6.50. The first-order valence-corrected chi connectivity index (χ1v) is 7.50. The van der Waals surface area contributed by atoms with Gasteiger partial charge in [0.15, 0.2) is 4.96 Å². The van der Waals surface area contributed by atoms with Gasteiger partial charge in [0.25, 0.3) is 0 Å². The van der Waals surface area contributed by atoms with Gasteiger partial charge >= 0.3 is 0 Å². The van der Waals surface area contributed by atoms with Gasteiger partial charge in [0.05, 0.1) is 5.69 Å². The molecule has 5 heteroatoms. The van der Waals surface area contributed by atoms with E-state index in [1.807, 2.05) is 47.5 Å². The van der Waals surface area contributed by atoms with Crippen molar-refractivity contribution >= 4 is 27.6 Å². The number of aliphatic hydroxyl groups is 1. The van der Waals surface area contributed by atoms with E-state index in [2.05, 4.69) is 4.98 Å². The van der Waals surface area contributed by atoms with Crippen LogP contribution in [0.1, 0.15) is 23.1 Å². The minimum absolute atomic E-state index is 0.544. The van der Waals surface area contributed by atoms with E-state index in [1.54, 1.807) is 22.7 Å². The number of hydrogen-bond acceptors (Lipinski definition) is 4. The fraction of sp³-hybridized carbons (Fsp3) is 0.308. The summed E-state index contributed by atoms with van der Waals surface area (Å²) in [6.07, 6.45) is 4.52. The summed E-state index contributed by atoms with van der Waals surface area (Å²) in [6.45, 7) is 3.89. The molecule has 1 N–H and O–H groups in total. The Hall–Kier alpha value is -1.17. The third kappa shape index (κ3) is 1.98. The van der Waals surface area contributed by atoms with E-state index in [4.69, 9.17) is 0 Å². The van der Waals surface area contributed by atoms with Gasteiger partial charge in [-0.25, -0.2) is 4.98 Å². The average Bonchev–Trinajstić information content (AvgIpc) is 2.91. The SMILES string of the molecule is Cc1ccsc1C(C)(O)Cc1cn2ccsc2n1. The molecule has 0 saturated heterocycles. The van der Waals surface area contributed by atoms with Gasteiger partial charge in [-0.2, -0.15) is 0 Å². The molecular weight excluding hydrogens is 264 g/mol. The summed E-state index contributed by atoms with van der Waals surface area (Å²) in [5.41, 5.74) is 1.23. The Morgan fingerprint density at radius 2 is 2.22 bits per heavy atom. The van der Waals surface area contributed by atoms with Crippen LogP contribution < -0.4 is 0 Å². The molecule has 0 aliphatic rings. The van der Waals surface area contributed by atoms with E-state index in [-0.39, 0.29) is 0 Å². The topological polar surface area (TPSA) is 37.5 Å². The molecular formula is C13H14N2OS2. The molecule has 3 aromatic rings. The summed E-state index contributed by atoms with van der Waals surface area (Å²) in [5, 5.41) is 14.7. The van der Waals surface area contributed by atoms with Crippen molar-refractivity contribution in [3.05, 3.63) is 45.4 Å². The Morgan fingerprint density at radius 1 is 1.39 bits per heavy atom. The molecule has 0 bridgehead atoms. The minimum Gasteiger partial charge on any atom is -0.384 e. The van der Waals surface area contributed by atoms with Crippen LogP contribution in [-0.4, -0.2) is 14.5 Å². The summed E-state index contributed by atoms with van der Waals surface area (Å²) in [5.74, 6) is 0. The first kappa shape index (κ1) is 11.9. The third-order valence-electron chi connectivity index (χ3n) is 3.02. The van der Waals surface area contributed by atoms with Crippen molar-refractivity contribution in [1.82, 2.24) is 9.38 Å². The maximum absolute atomic E-state index is 10.6. The standard InChI is InChI=1S/C13H14N2OS2/c1-9-3-5-17-11(9)13(2,16)7-10-8-15-4-6-18-12(15)14-10/h3-6,8,16H,7H2,1-2H3. The maximum Gasteiger partial charge on any atom is 0.193 e. The smallest absolute Gasteiger partial charge is 0.193 e. The number of hydrogen-bond donors (Lipinski definition) is 1. The summed E-state index contributed by atoms with van der Waals surface area (Å²) in [7, 11) is 0. The Bertz CT molecular complexity index is 649. The van der Waals surface area contributed by atoms with Crippen LogP contribution in [0.2, 0.25) is 0 Å². The zero-order valence-electron chi connectivity index (χ0n) is 10.3. The molecule has 3 rings (SSSR count). The molecule has 3 nitrogen and oxygen atoms in total. The van der Waals surface area contributed by atoms with E-state index >= 15 is 0 Å². The molecule has 0 amide bonds. The Morgan fingerprint density at radius 3 is 2.89 bits per heavy atom. The fourth-order valence-electron chi connectivity index (χ4n) is 2.22. The Labute approximate surface area is 113 Å². The number of thiophene rings is 1. The number of aryl methyl sites for hydroxylation is 1. The minimum atomic E-state index is -0.845. The van der Waals surface area contributed by atoms with Crippen LogP contribution in [0.4, 0.5) is 0 Å². The van der Waals surface area contributed by atoms with Crippen LogP contribution in [-0.2, 0) is 12.0 Å². The molecule has 0 radical (unpaired) electrons. The predicted octanol–water partition coefficient (Wildman–Crippen LogP) is 3.22. The number of aromatic nitrogens is 2. The monoisotopic (exact) mass is 278 g/mol. The molecule has 0 aliphatic heterocycles. The van der Waals surface area contributed by atoms with Gasteiger partial charge < -0.3 is 5.11 Å². The zero-order chi connectivity index (χ0) is 12.8. The van der Waals surface area contributed by atoms with Crippen molar-refractivity contribution in [3.8, 4) is 0 Å². The van der Waals surface area contributed by atoms with Crippen LogP contribution in [0.25, 0.3) is 4.96 Å². The first-order chi connectivity index (χ1) is 8.56. The number of imidazole rings is 1. The summed E-state index contributed by atoms with van der Waals surface area (Å²) < 4.78 is 2.00. The zero-order valence-corrected chi connectivity index (χ0v) is 11.9. The van der Waals surface area contributed by atoms with Crippen molar-refractivity contribution < 1.29 is 5.11 Å². The molecule has 0 spiro atoms. The number of fused-ring (bicyclic) bond motifs is 1. The molecule has 1 unspecified atom stereocenters. The lowest BCUT2D eigenvalue weighted by atomic mass is 9.96. The van der Waals surface area contributed by atoms with Crippen LogP contribution in [0, 0.1) is 6.92 Å². The van der Waals surface area contributed by atoms with Crippen LogP contribution in [0.3, 0.4) is 0 Å². The van der Waals surface area contributed by atoms with Crippen molar-refractivity contribution in [2.24, 2.45) is 0 Å². The Kier molecular flexibility index (Phi) is 2.77. The van der Waals surface area contributed by atoms with Gasteiger partial charge in [0, 0.05) is 29.1 Å². The van der Waals surface area contributed by atoms with E-state index in [1.165, 1.54) is 0 Å². The van der Waals surface area contributed by atoms with E-state index < -0.39 is 5.60 Å². The van der Waals surface area contributed by atoms with E-state index in [0.29, 0.717) is 6.42 Å². The van der Waals surface area contributed by atoms with Crippen molar-refractivity contribution in [2.75, 3.05) is 0 Å². The molecule has 3 heterocycles. The molecule has 1 atom stereocenters. The lowest BCUT2D eigenvalue weighted by molar-refractivity contribution is 0.0600. The molecule has 0 aliphatic carbocycles. The van der Waals surface area contributed by atoms with E-state index in [9.17, 15) is 5.11 Å². The number of thiazole rings is 1. The highest BCUT2D eigenvalue weighted by molar-refractivity contribution is 7.15. The normalized spacial score (nSPS) is 15.1.